The molecule has 0 radical (unpaired) electrons. The van der Waals surface area contributed by atoms with Gasteiger partial charge in [0.25, 0.3) is 0 Å². The summed E-state index contributed by atoms with van der Waals surface area (Å²) in [6.45, 7) is 6.67. The van der Waals surface area contributed by atoms with E-state index < -0.39 is 0 Å². The van der Waals surface area contributed by atoms with Crippen molar-refractivity contribution >= 4 is 11.6 Å². The molecule has 1 heterocycles. The van der Waals surface area contributed by atoms with Gasteiger partial charge in [-0.15, -0.1) is 0 Å². The number of rotatable bonds is 10. The lowest BCUT2D eigenvalue weighted by Crippen LogP contribution is -2.25. The summed E-state index contributed by atoms with van der Waals surface area (Å²) < 4.78 is 7.09. The van der Waals surface area contributed by atoms with E-state index in [1.54, 1.807) is 13.3 Å². The molecule has 1 aromatic heterocycles. The first-order chi connectivity index (χ1) is 9.24. The third kappa shape index (κ3) is 5.13. The Morgan fingerprint density at radius 2 is 2.21 bits per heavy atom. The molecule has 110 valence electrons. The van der Waals surface area contributed by atoms with E-state index in [0.717, 1.165) is 30.2 Å². The van der Waals surface area contributed by atoms with E-state index in [1.807, 2.05) is 4.68 Å². The highest BCUT2D eigenvalue weighted by atomic mass is 35.5. The summed E-state index contributed by atoms with van der Waals surface area (Å²) in [4.78, 5) is 0. The van der Waals surface area contributed by atoms with Crippen molar-refractivity contribution < 1.29 is 4.74 Å². The van der Waals surface area contributed by atoms with Gasteiger partial charge >= 0.3 is 0 Å². The number of methoxy groups -OCH3 is 1. The average Bonchev–Trinajstić information content (AvgIpc) is 2.77. The van der Waals surface area contributed by atoms with Gasteiger partial charge in [-0.25, -0.2) is 0 Å². The molecule has 1 atom stereocenters. The van der Waals surface area contributed by atoms with Gasteiger partial charge in [-0.05, 0) is 13.0 Å². The highest BCUT2D eigenvalue weighted by molar-refractivity contribution is 6.31. The summed E-state index contributed by atoms with van der Waals surface area (Å²) >= 11 is 6.30. The van der Waals surface area contributed by atoms with E-state index in [9.17, 15) is 0 Å². The standard InChI is InChI=1S/C14H26ClN3O/c1-4-6-7-8-13(16-5-2)14-12(15)11-17-18(14)9-10-19-3/h11,13,16H,4-10H2,1-3H3. The number of nitrogens with zero attached hydrogens (tertiary/aromatic N) is 2. The quantitative estimate of drug-likeness (QED) is 0.670. The molecular weight excluding hydrogens is 262 g/mol. The summed E-state index contributed by atoms with van der Waals surface area (Å²) in [5.74, 6) is 0. The smallest absolute Gasteiger partial charge is 0.0834 e. The van der Waals surface area contributed by atoms with Crippen molar-refractivity contribution in [1.82, 2.24) is 15.1 Å². The summed E-state index contributed by atoms with van der Waals surface area (Å²) in [7, 11) is 1.70. The summed E-state index contributed by atoms with van der Waals surface area (Å²) in [6.07, 6.45) is 6.53. The number of unbranched alkanes of at least 4 members (excludes halogenated alkanes) is 2. The Morgan fingerprint density at radius 3 is 2.84 bits per heavy atom. The Hall–Kier alpha value is -0.580. The van der Waals surface area contributed by atoms with Crippen molar-refractivity contribution in [2.24, 2.45) is 0 Å². The molecule has 0 aromatic carbocycles. The molecule has 1 rings (SSSR count). The average molecular weight is 288 g/mol. The van der Waals surface area contributed by atoms with Crippen LogP contribution in [0.2, 0.25) is 5.02 Å². The molecular formula is C14H26ClN3O. The number of ether oxygens (including phenoxy) is 1. The van der Waals surface area contributed by atoms with Crippen LogP contribution in [0.4, 0.5) is 0 Å². The minimum Gasteiger partial charge on any atom is -0.383 e. The van der Waals surface area contributed by atoms with Crippen LogP contribution in [-0.2, 0) is 11.3 Å². The molecule has 0 fully saturated rings. The highest BCUT2D eigenvalue weighted by Crippen LogP contribution is 2.26. The first-order valence-corrected chi connectivity index (χ1v) is 7.55. The second-order valence-corrected chi connectivity index (χ2v) is 5.11. The number of nitrogens with one attached hydrogen (secondary N) is 1. The van der Waals surface area contributed by atoms with Gasteiger partial charge in [-0.3, -0.25) is 4.68 Å². The van der Waals surface area contributed by atoms with Crippen LogP contribution in [0.25, 0.3) is 0 Å². The largest absolute Gasteiger partial charge is 0.383 e. The van der Waals surface area contributed by atoms with Crippen molar-refractivity contribution in [2.45, 2.75) is 52.1 Å². The zero-order chi connectivity index (χ0) is 14.1. The van der Waals surface area contributed by atoms with Crippen molar-refractivity contribution in [3.63, 3.8) is 0 Å². The van der Waals surface area contributed by atoms with Gasteiger partial charge in [0.1, 0.15) is 0 Å². The molecule has 4 nitrogen and oxygen atoms in total. The van der Waals surface area contributed by atoms with Crippen LogP contribution in [0.15, 0.2) is 6.20 Å². The minimum atomic E-state index is 0.281. The lowest BCUT2D eigenvalue weighted by Gasteiger charge is -2.20. The fourth-order valence-electron chi connectivity index (χ4n) is 2.25. The van der Waals surface area contributed by atoms with Crippen molar-refractivity contribution in [1.29, 1.82) is 0 Å². The van der Waals surface area contributed by atoms with Gasteiger partial charge < -0.3 is 10.1 Å². The predicted octanol–water partition coefficient (Wildman–Crippen LogP) is 3.41. The van der Waals surface area contributed by atoms with Gasteiger partial charge in [-0.1, -0.05) is 44.7 Å². The van der Waals surface area contributed by atoms with Crippen LogP contribution in [0.3, 0.4) is 0 Å². The van der Waals surface area contributed by atoms with Crippen LogP contribution < -0.4 is 5.32 Å². The first kappa shape index (κ1) is 16.5. The highest BCUT2D eigenvalue weighted by Gasteiger charge is 2.19. The third-order valence-electron chi connectivity index (χ3n) is 3.22. The maximum atomic E-state index is 6.30. The van der Waals surface area contributed by atoms with Gasteiger partial charge in [0, 0.05) is 7.11 Å². The zero-order valence-electron chi connectivity index (χ0n) is 12.3. The molecule has 0 aliphatic heterocycles. The van der Waals surface area contributed by atoms with E-state index in [4.69, 9.17) is 16.3 Å². The normalized spacial score (nSPS) is 12.8. The van der Waals surface area contributed by atoms with E-state index in [0.29, 0.717) is 6.61 Å². The molecule has 0 aliphatic rings. The topological polar surface area (TPSA) is 39.1 Å². The van der Waals surface area contributed by atoms with E-state index in [-0.39, 0.29) is 6.04 Å². The van der Waals surface area contributed by atoms with Crippen molar-refractivity contribution in [3.05, 3.63) is 16.9 Å². The van der Waals surface area contributed by atoms with Crippen LogP contribution >= 0.6 is 11.6 Å². The maximum absolute atomic E-state index is 6.30. The molecule has 0 bridgehead atoms. The lowest BCUT2D eigenvalue weighted by molar-refractivity contribution is 0.181. The van der Waals surface area contributed by atoms with Gasteiger partial charge in [-0.2, -0.15) is 5.10 Å². The third-order valence-corrected chi connectivity index (χ3v) is 3.51. The Labute approximate surface area is 121 Å². The van der Waals surface area contributed by atoms with Crippen molar-refractivity contribution in [2.75, 3.05) is 20.3 Å². The molecule has 0 spiro atoms. The maximum Gasteiger partial charge on any atom is 0.0834 e. The predicted molar refractivity (Wildman–Crippen MR) is 79.7 cm³/mol. The fourth-order valence-corrected chi connectivity index (χ4v) is 2.53. The van der Waals surface area contributed by atoms with Crippen LogP contribution in [0.5, 0.6) is 0 Å². The molecule has 0 saturated carbocycles. The van der Waals surface area contributed by atoms with E-state index >= 15 is 0 Å². The minimum absolute atomic E-state index is 0.281. The molecule has 1 N–H and O–H groups in total. The second kappa shape index (κ2) is 9.34. The van der Waals surface area contributed by atoms with Crippen LogP contribution in [0, 0.1) is 0 Å². The second-order valence-electron chi connectivity index (χ2n) is 4.70. The molecule has 1 aromatic rings. The Kier molecular flexibility index (Phi) is 8.10. The zero-order valence-corrected chi connectivity index (χ0v) is 13.0. The SMILES string of the molecule is CCCCCC(NCC)c1c(Cl)cnn1CCOC. The summed E-state index contributed by atoms with van der Waals surface area (Å²) in [5.41, 5.74) is 1.09. The Balaban J connectivity index is 2.77. The van der Waals surface area contributed by atoms with Crippen LogP contribution in [0.1, 0.15) is 51.3 Å². The van der Waals surface area contributed by atoms with Crippen molar-refractivity contribution in [3.8, 4) is 0 Å². The molecule has 1 unspecified atom stereocenters. The van der Waals surface area contributed by atoms with Gasteiger partial charge in [0.15, 0.2) is 0 Å². The van der Waals surface area contributed by atoms with Gasteiger partial charge in [0.05, 0.1) is 36.1 Å². The molecule has 5 heteroatoms. The van der Waals surface area contributed by atoms with Crippen LogP contribution in [-0.4, -0.2) is 30.0 Å². The fraction of sp³-hybridized carbons (Fsp3) is 0.786. The molecule has 0 aliphatic carbocycles. The molecule has 0 amide bonds. The van der Waals surface area contributed by atoms with E-state index in [1.165, 1.54) is 19.3 Å². The van der Waals surface area contributed by atoms with E-state index in [2.05, 4.69) is 24.3 Å². The monoisotopic (exact) mass is 287 g/mol. The summed E-state index contributed by atoms with van der Waals surface area (Å²) in [6, 6.07) is 0.281. The number of hydrogen-bond donors (Lipinski definition) is 1. The Bertz CT molecular complexity index is 354. The number of hydrogen-bond acceptors (Lipinski definition) is 3. The van der Waals surface area contributed by atoms with Gasteiger partial charge in [0.2, 0.25) is 0 Å². The Morgan fingerprint density at radius 1 is 1.42 bits per heavy atom. The number of aromatic nitrogens is 2. The summed E-state index contributed by atoms with van der Waals surface area (Å²) in [5, 5.41) is 8.61. The first-order valence-electron chi connectivity index (χ1n) is 7.18. The number of halogens is 1. The molecule has 0 saturated heterocycles. The molecule has 19 heavy (non-hydrogen) atoms. The lowest BCUT2D eigenvalue weighted by atomic mass is 10.1.